The monoisotopic (exact) mass is 233 g/mol. The van der Waals surface area contributed by atoms with E-state index in [2.05, 4.69) is 12.0 Å². The van der Waals surface area contributed by atoms with Crippen LogP contribution in [0.25, 0.3) is 11.1 Å². The molecule has 0 bridgehead atoms. The van der Waals surface area contributed by atoms with E-state index in [4.69, 9.17) is 16.4 Å². The fourth-order valence-electron chi connectivity index (χ4n) is 1.74. The average Bonchev–Trinajstić information content (AvgIpc) is 2.46. The van der Waals surface area contributed by atoms with Crippen molar-refractivity contribution in [1.82, 2.24) is 0 Å². The summed E-state index contributed by atoms with van der Waals surface area (Å²) in [7, 11) is 1.61. The molecule has 0 unspecified atom stereocenters. The van der Waals surface area contributed by atoms with Crippen molar-refractivity contribution >= 4 is 0 Å². The van der Waals surface area contributed by atoms with Gasteiger partial charge in [0.05, 0.1) is 18.7 Å². The Morgan fingerprint density at radius 3 is 2.28 bits per heavy atom. The molecule has 0 saturated heterocycles. The van der Waals surface area contributed by atoms with E-state index in [0.29, 0.717) is 5.56 Å². The largest absolute Gasteiger partial charge is 0.496 e. The molecule has 0 aliphatic carbocycles. The zero-order valence-corrected chi connectivity index (χ0v) is 9.97. The summed E-state index contributed by atoms with van der Waals surface area (Å²) in [6, 6.07) is 15.1. The van der Waals surface area contributed by atoms with Crippen LogP contribution in [0.4, 0.5) is 0 Å². The van der Waals surface area contributed by atoms with Gasteiger partial charge in [-0.15, -0.1) is 6.42 Å². The number of methoxy groups -OCH3 is 1. The molecule has 0 atom stereocenters. The van der Waals surface area contributed by atoms with E-state index in [-0.39, 0.29) is 0 Å². The Balaban J connectivity index is 2.50. The van der Waals surface area contributed by atoms with Gasteiger partial charge in [0.1, 0.15) is 5.75 Å². The molecule has 2 rings (SSSR count). The molecule has 0 spiro atoms. The van der Waals surface area contributed by atoms with Crippen LogP contribution < -0.4 is 4.74 Å². The lowest BCUT2D eigenvalue weighted by atomic mass is 10.0. The van der Waals surface area contributed by atoms with Gasteiger partial charge in [-0.2, -0.15) is 5.26 Å². The first kappa shape index (κ1) is 11.8. The van der Waals surface area contributed by atoms with Crippen molar-refractivity contribution in [3.63, 3.8) is 0 Å². The zero-order chi connectivity index (χ0) is 13.0. The minimum absolute atomic E-state index is 0.637. The minimum atomic E-state index is 0.637. The molecule has 2 aromatic carbocycles. The molecular weight excluding hydrogens is 222 g/mol. The number of hydrogen-bond donors (Lipinski definition) is 0. The first-order chi connectivity index (χ1) is 8.78. The van der Waals surface area contributed by atoms with E-state index < -0.39 is 0 Å². The number of ether oxygens (including phenoxy) is 1. The smallest absolute Gasteiger partial charge is 0.127 e. The summed E-state index contributed by atoms with van der Waals surface area (Å²) in [4.78, 5) is 0. The van der Waals surface area contributed by atoms with Gasteiger partial charge in [0.15, 0.2) is 0 Å². The molecular formula is C16H11NO. The third-order valence-corrected chi connectivity index (χ3v) is 2.69. The van der Waals surface area contributed by atoms with Gasteiger partial charge in [0, 0.05) is 11.1 Å². The number of terminal acetylenes is 1. The second-order valence-corrected chi connectivity index (χ2v) is 3.75. The van der Waals surface area contributed by atoms with Gasteiger partial charge < -0.3 is 4.74 Å². The maximum Gasteiger partial charge on any atom is 0.127 e. The highest BCUT2D eigenvalue weighted by Crippen LogP contribution is 2.30. The number of hydrogen-bond acceptors (Lipinski definition) is 2. The van der Waals surface area contributed by atoms with Crippen LogP contribution in [0.5, 0.6) is 5.75 Å². The summed E-state index contributed by atoms with van der Waals surface area (Å²) in [6.45, 7) is 0. The molecule has 0 aromatic heterocycles. The topological polar surface area (TPSA) is 33.0 Å². The Kier molecular flexibility index (Phi) is 3.32. The molecule has 0 heterocycles. The standard InChI is InChI=1S/C16H11NO/c1-3-12-6-9-15(16(10-12)18-2)14-7-4-13(11-17)5-8-14/h1,4-10H,2H3. The lowest BCUT2D eigenvalue weighted by Crippen LogP contribution is -1.89. The summed E-state index contributed by atoms with van der Waals surface area (Å²) < 4.78 is 5.34. The van der Waals surface area contributed by atoms with Crippen LogP contribution in [-0.2, 0) is 0 Å². The van der Waals surface area contributed by atoms with E-state index >= 15 is 0 Å². The highest BCUT2D eigenvalue weighted by atomic mass is 16.5. The predicted molar refractivity (Wildman–Crippen MR) is 71.1 cm³/mol. The molecule has 0 N–H and O–H groups in total. The Bertz CT molecular complexity index is 642. The Morgan fingerprint density at radius 1 is 1.06 bits per heavy atom. The molecule has 2 aromatic rings. The first-order valence-electron chi connectivity index (χ1n) is 5.43. The maximum atomic E-state index is 8.77. The van der Waals surface area contributed by atoms with Gasteiger partial charge in [-0.25, -0.2) is 0 Å². The fraction of sp³-hybridized carbons (Fsp3) is 0.0625. The van der Waals surface area contributed by atoms with Crippen LogP contribution in [0.1, 0.15) is 11.1 Å². The number of nitriles is 1. The quantitative estimate of drug-likeness (QED) is 0.746. The molecule has 86 valence electrons. The van der Waals surface area contributed by atoms with E-state index in [9.17, 15) is 0 Å². The van der Waals surface area contributed by atoms with Gasteiger partial charge in [0.25, 0.3) is 0 Å². The molecule has 18 heavy (non-hydrogen) atoms. The summed E-state index contributed by atoms with van der Waals surface area (Å²) in [6.07, 6.45) is 5.36. The van der Waals surface area contributed by atoms with Gasteiger partial charge >= 0.3 is 0 Å². The summed E-state index contributed by atoms with van der Waals surface area (Å²) in [5, 5.41) is 8.77. The van der Waals surface area contributed by atoms with Crippen LogP contribution in [0, 0.1) is 23.7 Å². The summed E-state index contributed by atoms with van der Waals surface area (Å²) in [5.74, 6) is 3.31. The third-order valence-electron chi connectivity index (χ3n) is 2.69. The van der Waals surface area contributed by atoms with E-state index in [1.165, 1.54) is 0 Å². The Labute approximate surface area is 106 Å². The zero-order valence-electron chi connectivity index (χ0n) is 9.97. The van der Waals surface area contributed by atoms with Crippen molar-refractivity contribution in [1.29, 1.82) is 5.26 Å². The van der Waals surface area contributed by atoms with Crippen molar-refractivity contribution in [3.8, 4) is 35.3 Å². The molecule has 0 saturated carbocycles. The highest BCUT2D eigenvalue weighted by Gasteiger charge is 2.06. The van der Waals surface area contributed by atoms with Crippen LogP contribution in [-0.4, -0.2) is 7.11 Å². The van der Waals surface area contributed by atoms with E-state index in [0.717, 1.165) is 22.4 Å². The van der Waals surface area contributed by atoms with Gasteiger partial charge in [-0.1, -0.05) is 18.1 Å². The predicted octanol–water partition coefficient (Wildman–Crippen LogP) is 3.22. The van der Waals surface area contributed by atoms with Crippen LogP contribution in [0.15, 0.2) is 42.5 Å². The van der Waals surface area contributed by atoms with Crippen molar-refractivity contribution in [3.05, 3.63) is 53.6 Å². The van der Waals surface area contributed by atoms with Crippen molar-refractivity contribution in [2.75, 3.05) is 7.11 Å². The molecule has 0 aliphatic heterocycles. The molecule has 0 fully saturated rings. The first-order valence-corrected chi connectivity index (χ1v) is 5.43. The molecule has 0 aliphatic rings. The van der Waals surface area contributed by atoms with Crippen molar-refractivity contribution in [2.45, 2.75) is 0 Å². The molecule has 0 radical (unpaired) electrons. The average molecular weight is 233 g/mol. The second-order valence-electron chi connectivity index (χ2n) is 3.75. The SMILES string of the molecule is C#Cc1ccc(-c2ccc(C#N)cc2)c(OC)c1. The Hall–Kier alpha value is -2.71. The van der Waals surface area contributed by atoms with Crippen LogP contribution in [0.3, 0.4) is 0 Å². The molecule has 2 nitrogen and oxygen atoms in total. The third kappa shape index (κ3) is 2.19. The van der Waals surface area contributed by atoms with Crippen LogP contribution >= 0.6 is 0 Å². The normalized spacial score (nSPS) is 9.28. The van der Waals surface area contributed by atoms with Crippen LogP contribution in [0.2, 0.25) is 0 Å². The van der Waals surface area contributed by atoms with E-state index in [1.54, 1.807) is 19.2 Å². The van der Waals surface area contributed by atoms with Crippen molar-refractivity contribution in [2.24, 2.45) is 0 Å². The number of benzene rings is 2. The summed E-state index contributed by atoms with van der Waals surface area (Å²) in [5.41, 5.74) is 3.37. The molecule has 0 amide bonds. The number of rotatable bonds is 2. The summed E-state index contributed by atoms with van der Waals surface area (Å²) >= 11 is 0. The van der Waals surface area contributed by atoms with E-state index in [1.807, 2.05) is 30.3 Å². The van der Waals surface area contributed by atoms with Gasteiger partial charge in [0.2, 0.25) is 0 Å². The minimum Gasteiger partial charge on any atom is -0.496 e. The van der Waals surface area contributed by atoms with Gasteiger partial charge in [-0.05, 0) is 35.9 Å². The maximum absolute atomic E-state index is 8.77. The molecule has 2 heteroatoms. The van der Waals surface area contributed by atoms with Gasteiger partial charge in [-0.3, -0.25) is 0 Å². The fourth-order valence-corrected chi connectivity index (χ4v) is 1.74. The lowest BCUT2D eigenvalue weighted by Gasteiger charge is -2.09. The second kappa shape index (κ2) is 5.08. The van der Waals surface area contributed by atoms with Crippen molar-refractivity contribution < 1.29 is 4.74 Å². The lowest BCUT2D eigenvalue weighted by molar-refractivity contribution is 0.416. The Morgan fingerprint density at radius 2 is 1.72 bits per heavy atom. The highest BCUT2D eigenvalue weighted by molar-refractivity contribution is 5.72. The number of nitrogens with zero attached hydrogens (tertiary/aromatic N) is 1.